The predicted molar refractivity (Wildman–Crippen MR) is 238 cm³/mol. The molecule has 24 heteroatoms. The summed E-state index contributed by atoms with van der Waals surface area (Å²) < 4.78 is 89.2. The summed E-state index contributed by atoms with van der Waals surface area (Å²) in [5.74, 6) is -2.29. The van der Waals surface area contributed by atoms with E-state index in [-0.39, 0.29) is 31.6 Å². The minimum Gasteiger partial charge on any atom is -0.483 e. The van der Waals surface area contributed by atoms with Crippen molar-refractivity contribution in [1.82, 2.24) is 40.3 Å². The predicted octanol–water partition coefficient (Wildman–Crippen LogP) is 5.59. The summed E-state index contributed by atoms with van der Waals surface area (Å²) in [5, 5.41) is 39.0. The van der Waals surface area contributed by atoms with Gasteiger partial charge in [-0.2, -0.15) is 20.1 Å². The highest BCUT2D eigenvalue weighted by Gasteiger charge is 2.44. The number of sulfone groups is 2. The average Bonchev–Trinajstić information content (AvgIpc) is 4.07. The summed E-state index contributed by atoms with van der Waals surface area (Å²) in [6.45, 7) is 2.68. The molecular formula is C43H45F3N8O11S2. The smallest absolute Gasteiger partial charge is 0.483 e. The molecule has 0 aliphatic rings. The van der Waals surface area contributed by atoms with E-state index in [1.54, 1.807) is 41.6 Å². The summed E-state index contributed by atoms with van der Waals surface area (Å²) in [4.78, 5) is 33.9. The third kappa shape index (κ3) is 11.8. The van der Waals surface area contributed by atoms with Crippen LogP contribution >= 0.6 is 0 Å². The Hall–Kier alpha value is -7.15. The van der Waals surface area contributed by atoms with Crippen LogP contribution in [0.15, 0.2) is 116 Å². The van der Waals surface area contributed by atoms with Gasteiger partial charge in [0.25, 0.3) is 18.3 Å². The van der Waals surface area contributed by atoms with E-state index in [4.69, 9.17) is 20.3 Å². The van der Waals surface area contributed by atoms with Crippen LogP contribution in [0.1, 0.15) is 26.7 Å². The summed E-state index contributed by atoms with van der Waals surface area (Å²) >= 11 is 0. The molecule has 0 aliphatic heterocycles. The molecule has 0 fully saturated rings. The van der Waals surface area contributed by atoms with Gasteiger partial charge in [0.2, 0.25) is 0 Å². The summed E-state index contributed by atoms with van der Waals surface area (Å²) in [5.41, 5.74) is 8.82. The number of nitrogens with zero attached hydrogens (tertiary/aromatic N) is 6. The molecule has 4 aromatic carbocycles. The van der Waals surface area contributed by atoms with E-state index in [1.165, 1.54) is 53.8 Å². The van der Waals surface area contributed by atoms with E-state index in [0.717, 1.165) is 45.8 Å². The molecule has 2 atom stereocenters. The topological polar surface area (TPSA) is 267 Å². The molecule has 67 heavy (non-hydrogen) atoms. The molecule has 0 unspecified atom stereocenters. The maximum absolute atomic E-state index is 12.3. The first kappa shape index (κ1) is 50.8. The maximum atomic E-state index is 12.3. The lowest BCUT2D eigenvalue weighted by Gasteiger charge is -2.25. The Morgan fingerprint density at radius 2 is 1.15 bits per heavy atom. The van der Waals surface area contributed by atoms with Crippen LogP contribution in [0.4, 0.5) is 13.2 Å². The first-order valence-corrected chi connectivity index (χ1v) is 23.5. The van der Waals surface area contributed by atoms with Crippen LogP contribution < -0.4 is 15.7 Å². The van der Waals surface area contributed by atoms with Gasteiger partial charge in [-0.15, -0.1) is 13.2 Å². The van der Waals surface area contributed by atoms with E-state index < -0.39 is 47.3 Å². The second kappa shape index (κ2) is 20.6. The number of aryl methyl sites for hydroxylation is 2. The van der Waals surface area contributed by atoms with Crippen molar-refractivity contribution in [3.8, 4) is 33.7 Å². The molecule has 7 aromatic rings. The van der Waals surface area contributed by atoms with Crippen LogP contribution in [-0.4, -0.2) is 108 Å². The second-order valence-electron chi connectivity index (χ2n) is 15.4. The Bertz CT molecular complexity index is 3070. The molecule has 356 valence electrons. The van der Waals surface area contributed by atoms with Gasteiger partial charge in [-0.05, 0) is 104 Å². The number of aromatic nitrogens is 6. The summed E-state index contributed by atoms with van der Waals surface area (Å²) in [6, 6.07) is 26.6. The Kier molecular flexibility index (Phi) is 15.6. The number of alkyl halides is 3. The van der Waals surface area contributed by atoms with Gasteiger partial charge in [0.05, 0.1) is 29.8 Å². The van der Waals surface area contributed by atoms with Gasteiger partial charge in [-0.1, -0.05) is 36.4 Å². The number of halogens is 3. The van der Waals surface area contributed by atoms with Gasteiger partial charge in [-0.3, -0.25) is 29.5 Å². The van der Waals surface area contributed by atoms with Crippen LogP contribution in [-0.2, 0) is 47.1 Å². The Morgan fingerprint density at radius 3 is 1.64 bits per heavy atom. The van der Waals surface area contributed by atoms with Crippen LogP contribution in [0, 0.1) is 0 Å². The third-order valence-corrected chi connectivity index (χ3v) is 15.2. The van der Waals surface area contributed by atoms with Crippen molar-refractivity contribution in [2.24, 2.45) is 0 Å². The SMILES string of the molecule is C[C@@](CCn1ccc2cc(-c3ccc(-n4nccn4)cc3)ccc21)(C(=O)NO)S(C)(=O)=O.C[C@@](CCn1ncc2cc(-c3ccc(OC(F)(F)F)cc3)ccc21)(C(=O)NO)S(C)(=O)=O.O=CO. The van der Waals surface area contributed by atoms with Crippen LogP contribution in [0.25, 0.3) is 49.7 Å². The molecule has 0 bridgehead atoms. The zero-order valence-electron chi connectivity index (χ0n) is 36.1. The highest BCUT2D eigenvalue weighted by Crippen LogP contribution is 2.31. The highest BCUT2D eigenvalue weighted by molar-refractivity contribution is 7.93. The Balaban J connectivity index is 0.000000237. The minimum absolute atomic E-state index is 0.0205. The van der Waals surface area contributed by atoms with Gasteiger partial charge in [-0.25, -0.2) is 27.8 Å². The molecule has 3 aromatic heterocycles. The minimum atomic E-state index is -4.76. The standard InChI is InChI=1S/C22H23N5O4S.C20H20F3N3O5S.CH2O2/c1-22(21(28)25-29,32(2,30)31)10-14-26-13-9-18-15-17(5-8-20(18)26)16-3-6-19(7-4-16)27-23-11-12-24-27;1-19(18(27)25-28,32(2,29)30)9-10-26-17-8-5-14(11-15(17)12-24-26)13-3-6-16(7-4-13)31-20(21,22)23;2-1-3/h3-9,11-13,15,29H,10,14H2,1-2H3,(H,25,28);3-8,11-12,28H,9-10H2,1-2H3,(H,25,27);1H,(H,2,3)/t22-;19-;/m11./s1. The monoisotopic (exact) mass is 970 g/mol. The molecule has 0 aliphatic carbocycles. The van der Waals surface area contributed by atoms with Crippen molar-refractivity contribution in [1.29, 1.82) is 0 Å². The van der Waals surface area contributed by atoms with Crippen molar-refractivity contribution in [3.05, 3.63) is 116 Å². The number of carbonyl (C=O) groups is 3. The lowest BCUT2D eigenvalue weighted by Crippen LogP contribution is -2.49. The number of carbonyl (C=O) groups excluding carboxylic acids is 2. The maximum Gasteiger partial charge on any atom is 0.573 e. The normalized spacial score (nSPS) is 13.5. The number of hydrogen-bond donors (Lipinski definition) is 5. The van der Waals surface area contributed by atoms with E-state index in [1.807, 2.05) is 53.2 Å². The van der Waals surface area contributed by atoms with E-state index in [0.29, 0.717) is 23.0 Å². The second-order valence-corrected chi connectivity index (χ2v) is 20.2. The fourth-order valence-corrected chi connectivity index (χ4v) is 8.52. The molecule has 5 N–H and O–H groups in total. The van der Waals surface area contributed by atoms with Crippen molar-refractivity contribution in [2.45, 2.75) is 55.6 Å². The molecule has 19 nitrogen and oxygen atoms in total. The summed E-state index contributed by atoms with van der Waals surface area (Å²) in [7, 11) is -7.57. The van der Waals surface area contributed by atoms with Crippen molar-refractivity contribution >= 4 is 59.8 Å². The number of hydrogen-bond acceptors (Lipinski definition) is 13. The largest absolute Gasteiger partial charge is 0.573 e. The number of ether oxygens (including phenoxy) is 1. The number of hydroxylamine groups is 2. The lowest BCUT2D eigenvalue weighted by atomic mass is 10.0. The van der Waals surface area contributed by atoms with Crippen molar-refractivity contribution < 1.29 is 64.6 Å². The fourth-order valence-electron chi connectivity index (χ4n) is 6.83. The fraction of sp³-hybridized carbons (Fsp3) is 0.256. The molecular weight excluding hydrogens is 926 g/mol. The van der Waals surface area contributed by atoms with Gasteiger partial charge >= 0.3 is 6.36 Å². The van der Waals surface area contributed by atoms with Crippen LogP contribution in [0.2, 0.25) is 0 Å². The lowest BCUT2D eigenvalue weighted by molar-refractivity contribution is -0.274. The Morgan fingerprint density at radius 1 is 0.687 bits per heavy atom. The van der Waals surface area contributed by atoms with Crippen molar-refractivity contribution in [3.63, 3.8) is 0 Å². The molecule has 0 saturated heterocycles. The van der Waals surface area contributed by atoms with Gasteiger partial charge < -0.3 is 14.4 Å². The molecule has 0 spiro atoms. The van der Waals surface area contributed by atoms with Crippen molar-refractivity contribution in [2.75, 3.05) is 12.5 Å². The molecule has 3 heterocycles. The number of rotatable bonds is 14. The van der Waals surface area contributed by atoms with Gasteiger partial charge in [0.1, 0.15) is 5.75 Å². The Labute approximate surface area is 381 Å². The average molecular weight is 971 g/mol. The molecule has 2 amide bonds. The first-order valence-electron chi connectivity index (χ1n) is 19.7. The summed E-state index contributed by atoms with van der Waals surface area (Å²) in [6.07, 6.45) is 3.72. The van der Waals surface area contributed by atoms with Gasteiger partial charge in [0.15, 0.2) is 29.2 Å². The highest BCUT2D eigenvalue weighted by atomic mass is 32.2. The first-order chi connectivity index (χ1) is 31.5. The van der Waals surface area contributed by atoms with Crippen LogP contribution in [0.5, 0.6) is 5.75 Å². The van der Waals surface area contributed by atoms with E-state index >= 15 is 0 Å². The van der Waals surface area contributed by atoms with Gasteiger partial charge in [0, 0.05) is 48.1 Å². The molecule has 7 rings (SSSR count). The third-order valence-electron chi connectivity index (χ3n) is 11.1. The van der Waals surface area contributed by atoms with Crippen LogP contribution in [0.3, 0.4) is 0 Å². The number of benzene rings is 4. The number of fused-ring (bicyclic) bond motifs is 2. The molecule has 0 saturated carbocycles. The van der Waals surface area contributed by atoms with E-state index in [9.17, 15) is 39.6 Å². The van der Waals surface area contributed by atoms with E-state index in [2.05, 4.69) is 26.1 Å². The molecule has 0 radical (unpaired) electrons. The zero-order chi connectivity index (χ0) is 49.4. The number of nitrogens with one attached hydrogen (secondary N) is 2. The number of carboxylic acid groups (broad SMARTS) is 1. The number of amides is 2. The zero-order valence-corrected chi connectivity index (χ0v) is 37.7. The quantitative estimate of drug-likeness (QED) is 0.0506.